The summed E-state index contributed by atoms with van der Waals surface area (Å²) in [6.07, 6.45) is 5.26. The first kappa shape index (κ1) is 12.2. The minimum Gasteiger partial charge on any atom is -0.493 e. The molecule has 0 aliphatic heterocycles. The van der Waals surface area contributed by atoms with Gasteiger partial charge in [0.2, 0.25) is 0 Å². The molecule has 0 heterocycles. The topological polar surface area (TPSA) is 30.5 Å². The van der Waals surface area contributed by atoms with Gasteiger partial charge < -0.3 is 14.8 Å². The van der Waals surface area contributed by atoms with Crippen LogP contribution in [0.3, 0.4) is 0 Å². The van der Waals surface area contributed by atoms with E-state index in [1.54, 1.807) is 7.11 Å². The van der Waals surface area contributed by atoms with Crippen LogP contribution in [0.1, 0.15) is 31.2 Å². The molecule has 0 bridgehead atoms. The minimum atomic E-state index is 0.369. The van der Waals surface area contributed by atoms with Crippen molar-refractivity contribution in [3.63, 3.8) is 0 Å². The molecule has 1 aliphatic carbocycles. The lowest BCUT2D eigenvalue weighted by atomic mass is 10.2. The summed E-state index contributed by atoms with van der Waals surface area (Å²) in [5.41, 5.74) is 1.22. The van der Waals surface area contributed by atoms with Crippen LogP contribution in [0.4, 0.5) is 0 Å². The van der Waals surface area contributed by atoms with Gasteiger partial charge in [-0.3, -0.25) is 0 Å². The zero-order valence-electron chi connectivity index (χ0n) is 10.7. The van der Waals surface area contributed by atoms with Crippen LogP contribution in [-0.2, 0) is 6.54 Å². The van der Waals surface area contributed by atoms with E-state index >= 15 is 0 Å². The van der Waals surface area contributed by atoms with Crippen molar-refractivity contribution in [1.29, 1.82) is 0 Å². The predicted octanol–water partition coefficient (Wildman–Crippen LogP) is 2.74. The largest absolute Gasteiger partial charge is 0.493 e. The van der Waals surface area contributed by atoms with Crippen LogP contribution in [0.2, 0.25) is 0 Å². The Hall–Kier alpha value is -1.22. The van der Waals surface area contributed by atoms with Crippen molar-refractivity contribution in [3.05, 3.63) is 23.8 Å². The van der Waals surface area contributed by atoms with Gasteiger partial charge in [0.25, 0.3) is 0 Å². The van der Waals surface area contributed by atoms with Crippen molar-refractivity contribution in [2.75, 3.05) is 14.2 Å². The third-order valence-corrected chi connectivity index (χ3v) is 3.20. The number of hydrogen-bond acceptors (Lipinski definition) is 3. The van der Waals surface area contributed by atoms with Gasteiger partial charge in [0.1, 0.15) is 0 Å². The first-order valence-corrected chi connectivity index (χ1v) is 6.31. The van der Waals surface area contributed by atoms with Crippen LogP contribution in [-0.4, -0.2) is 20.3 Å². The molecule has 0 aromatic heterocycles. The van der Waals surface area contributed by atoms with E-state index in [4.69, 9.17) is 9.47 Å². The van der Waals surface area contributed by atoms with Crippen molar-refractivity contribution in [2.24, 2.45) is 0 Å². The number of nitrogens with one attached hydrogen (secondary N) is 1. The molecule has 3 heteroatoms. The molecule has 1 saturated carbocycles. The second-order valence-corrected chi connectivity index (χ2v) is 4.54. The van der Waals surface area contributed by atoms with Crippen LogP contribution in [0.15, 0.2) is 18.2 Å². The van der Waals surface area contributed by atoms with Crippen molar-refractivity contribution in [3.8, 4) is 11.5 Å². The Morgan fingerprint density at radius 2 is 2.00 bits per heavy atom. The molecule has 0 unspecified atom stereocenters. The van der Waals surface area contributed by atoms with Crippen molar-refractivity contribution in [1.82, 2.24) is 5.32 Å². The Labute approximate surface area is 103 Å². The Kier molecular flexibility index (Phi) is 4.26. The molecule has 0 spiro atoms. The maximum Gasteiger partial charge on any atom is 0.161 e. The standard InChI is InChI=1S/C14H21NO2/c1-15-10-11-7-8-13(16-2)14(9-11)17-12-5-3-4-6-12/h7-9,12,15H,3-6,10H2,1-2H3. The van der Waals surface area contributed by atoms with E-state index in [0.717, 1.165) is 18.0 Å². The zero-order chi connectivity index (χ0) is 12.1. The number of hydrogen-bond donors (Lipinski definition) is 1. The highest BCUT2D eigenvalue weighted by atomic mass is 16.5. The Morgan fingerprint density at radius 3 is 2.65 bits per heavy atom. The molecule has 1 aromatic carbocycles. The lowest BCUT2D eigenvalue weighted by molar-refractivity contribution is 0.200. The van der Waals surface area contributed by atoms with Crippen molar-refractivity contribution < 1.29 is 9.47 Å². The van der Waals surface area contributed by atoms with E-state index in [0.29, 0.717) is 6.10 Å². The van der Waals surface area contributed by atoms with Crippen LogP contribution in [0, 0.1) is 0 Å². The smallest absolute Gasteiger partial charge is 0.161 e. The Balaban J connectivity index is 2.12. The van der Waals surface area contributed by atoms with Gasteiger partial charge in [-0.15, -0.1) is 0 Å². The third-order valence-electron chi connectivity index (χ3n) is 3.20. The van der Waals surface area contributed by atoms with E-state index in [1.165, 1.54) is 31.2 Å². The Bertz CT molecular complexity index is 359. The highest BCUT2D eigenvalue weighted by Crippen LogP contribution is 2.32. The third kappa shape index (κ3) is 3.13. The SMILES string of the molecule is CNCc1ccc(OC)c(OC2CCCC2)c1. The molecule has 0 atom stereocenters. The second kappa shape index (κ2) is 5.92. The molecular formula is C14H21NO2. The first-order valence-electron chi connectivity index (χ1n) is 6.31. The molecule has 1 N–H and O–H groups in total. The molecule has 17 heavy (non-hydrogen) atoms. The number of ether oxygens (including phenoxy) is 2. The average molecular weight is 235 g/mol. The van der Waals surface area contributed by atoms with Gasteiger partial charge >= 0.3 is 0 Å². The summed E-state index contributed by atoms with van der Waals surface area (Å²) in [5.74, 6) is 1.71. The summed E-state index contributed by atoms with van der Waals surface area (Å²) < 4.78 is 11.4. The van der Waals surface area contributed by atoms with E-state index in [-0.39, 0.29) is 0 Å². The lowest BCUT2D eigenvalue weighted by Gasteiger charge is -2.16. The number of rotatable bonds is 5. The van der Waals surface area contributed by atoms with E-state index in [2.05, 4.69) is 17.4 Å². The van der Waals surface area contributed by atoms with Gasteiger partial charge in [0.15, 0.2) is 11.5 Å². The normalized spacial score (nSPS) is 16.1. The lowest BCUT2D eigenvalue weighted by Crippen LogP contribution is -2.12. The molecule has 2 rings (SSSR count). The summed E-state index contributed by atoms with van der Waals surface area (Å²) in [4.78, 5) is 0. The molecule has 0 radical (unpaired) electrons. The number of methoxy groups -OCH3 is 1. The van der Waals surface area contributed by atoms with E-state index in [9.17, 15) is 0 Å². The molecule has 1 fully saturated rings. The molecule has 1 aliphatic rings. The Morgan fingerprint density at radius 1 is 1.24 bits per heavy atom. The van der Waals surface area contributed by atoms with Gasteiger partial charge in [0.05, 0.1) is 13.2 Å². The van der Waals surface area contributed by atoms with Gasteiger partial charge in [0, 0.05) is 6.54 Å². The van der Waals surface area contributed by atoms with Crippen molar-refractivity contribution >= 4 is 0 Å². The average Bonchev–Trinajstić information content (AvgIpc) is 2.83. The highest BCUT2D eigenvalue weighted by molar-refractivity contribution is 5.43. The van der Waals surface area contributed by atoms with Gasteiger partial charge in [-0.25, -0.2) is 0 Å². The monoisotopic (exact) mass is 235 g/mol. The van der Waals surface area contributed by atoms with Gasteiger partial charge in [-0.2, -0.15) is 0 Å². The van der Waals surface area contributed by atoms with Crippen molar-refractivity contribution in [2.45, 2.75) is 38.3 Å². The summed E-state index contributed by atoms with van der Waals surface area (Å²) in [6, 6.07) is 6.13. The highest BCUT2D eigenvalue weighted by Gasteiger charge is 2.18. The summed E-state index contributed by atoms with van der Waals surface area (Å²) in [7, 11) is 3.64. The first-order chi connectivity index (χ1) is 8.33. The molecule has 0 amide bonds. The fourth-order valence-electron chi connectivity index (χ4n) is 2.31. The zero-order valence-corrected chi connectivity index (χ0v) is 10.7. The quantitative estimate of drug-likeness (QED) is 0.851. The van der Waals surface area contributed by atoms with Gasteiger partial charge in [-0.05, 0) is 50.4 Å². The molecule has 1 aromatic rings. The maximum absolute atomic E-state index is 6.03. The summed E-state index contributed by atoms with van der Waals surface area (Å²) in [5, 5.41) is 3.15. The predicted molar refractivity (Wildman–Crippen MR) is 68.6 cm³/mol. The van der Waals surface area contributed by atoms with Crippen LogP contribution in [0.25, 0.3) is 0 Å². The minimum absolute atomic E-state index is 0.369. The molecule has 94 valence electrons. The second-order valence-electron chi connectivity index (χ2n) is 4.54. The molecular weight excluding hydrogens is 214 g/mol. The summed E-state index contributed by atoms with van der Waals surface area (Å²) in [6.45, 7) is 0.852. The van der Waals surface area contributed by atoms with Crippen LogP contribution < -0.4 is 14.8 Å². The van der Waals surface area contributed by atoms with Crippen LogP contribution in [0.5, 0.6) is 11.5 Å². The van der Waals surface area contributed by atoms with Crippen LogP contribution >= 0.6 is 0 Å². The summed E-state index contributed by atoms with van der Waals surface area (Å²) >= 11 is 0. The molecule has 3 nitrogen and oxygen atoms in total. The van der Waals surface area contributed by atoms with E-state index < -0.39 is 0 Å². The van der Waals surface area contributed by atoms with E-state index in [1.807, 2.05) is 13.1 Å². The number of benzene rings is 1. The fraction of sp³-hybridized carbons (Fsp3) is 0.571. The fourth-order valence-corrected chi connectivity index (χ4v) is 2.31. The molecule has 0 saturated heterocycles. The van der Waals surface area contributed by atoms with Gasteiger partial charge in [-0.1, -0.05) is 6.07 Å². The maximum atomic E-state index is 6.03.